The minimum atomic E-state index is -1.79. The Bertz CT molecular complexity index is 1760. The van der Waals surface area contributed by atoms with E-state index in [1.165, 1.54) is 96.3 Å². The molecule has 0 radical (unpaired) electrons. The molecule has 0 aromatic carbocycles. The average Bonchev–Trinajstić information content (AvgIpc) is 3.49. The van der Waals surface area contributed by atoms with Gasteiger partial charge in [0.1, 0.15) is 48.8 Å². The van der Waals surface area contributed by atoms with E-state index in [1.807, 2.05) is 19.1 Å². The molecule has 2 heterocycles. The molecule has 9 N–H and O–H groups in total. The first kappa shape index (κ1) is 72.8. The van der Waals surface area contributed by atoms with Crippen molar-refractivity contribution in [2.45, 2.75) is 280 Å². The zero-order valence-electron chi connectivity index (χ0n) is 49.3. The number of aliphatic hydroxyl groups excluding tert-OH is 8. The zero-order chi connectivity index (χ0) is 58.1. The van der Waals surface area contributed by atoms with Crippen LogP contribution in [-0.2, 0) is 23.7 Å². The van der Waals surface area contributed by atoms with Crippen LogP contribution in [-0.4, -0.2) is 140 Å². The lowest BCUT2D eigenvalue weighted by Crippen LogP contribution is -2.65. The fourth-order valence-electron chi connectivity index (χ4n) is 9.57. The van der Waals surface area contributed by atoms with Crippen molar-refractivity contribution in [2.24, 2.45) is 0 Å². The summed E-state index contributed by atoms with van der Waals surface area (Å²) in [6.07, 6.45) is 54.8. The van der Waals surface area contributed by atoms with Crippen LogP contribution >= 0.6 is 0 Å². The van der Waals surface area contributed by atoms with Gasteiger partial charge in [0, 0.05) is 6.42 Å². The number of carbonyl (C=O) groups is 1. The number of rotatable bonds is 48. The van der Waals surface area contributed by atoms with Gasteiger partial charge in [-0.2, -0.15) is 0 Å². The van der Waals surface area contributed by atoms with Gasteiger partial charge in [-0.15, -0.1) is 0 Å². The predicted octanol–water partition coefficient (Wildman–Crippen LogP) is 11.2. The Hall–Kier alpha value is -3.35. The van der Waals surface area contributed by atoms with Crippen molar-refractivity contribution in [3.8, 4) is 0 Å². The topological polar surface area (TPSA) is 228 Å². The maximum absolute atomic E-state index is 13.2. The summed E-state index contributed by atoms with van der Waals surface area (Å²) >= 11 is 0. The fraction of sp³-hybridized carbons (Fsp3) is 0.712. The maximum Gasteiger partial charge on any atom is 0.220 e. The summed E-state index contributed by atoms with van der Waals surface area (Å²) in [4.78, 5) is 13.2. The molecule has 1 amide bonds. The van der Waals surface area contributed by atoms with Crippen LogP contribution in [0.5, 0.6) is 0 Å². The molecule has 0 aromatic rings. The zero-order valence-corrected chi connectivity index (χ0v) is 49.3. The van der Waals surface area contributed by atoms with Crippen molar-refractivity contribution >= 4 is 5.91 Å². The van der Waals surface area contributed by atoms with Crippen molar-refractivity contribution in [2.75, 3.05) is 19.8 Å². The number of hydrogen-bond donors (Lipinski definition) is 9. The number of nitrogens with one attached hydrogen (secondary N) is 1. The molecular weight excluding hydrogens is 1010 g/mol. The van der Waals surface area contributed by atoms with E-state index in [1.54, 1.807) is 6.08 Å². The van der Waals surface area contributed by atoms with Gasteiger partial charge in [-0.05, 0) is 90.4 Å². The third kappa shape index (κ3) is 34.9. The first-order valence-corrected chi connectivity index (χ1v) is 31.1. The van der Waals surface area contributed by atoms with E-state index in [0.29, 0.717) is 12.8 Å². The molecule has 0 aromatic heterocycles. The van der Waals surface area contributed by atoms with Crippen molar-refractivity contribution < 1.29 is 64.6 Å². The Morgan fingerprint density at radius 3 is 1.38 bits per heavy atom. The molecule has 80 heavy (non-hydrogen) atoms. The van der Waals surface area contributed by atoms with Gasteiger partial charge in [-0.3, -0.25) is 4.79 Å². The SMILES string of the molecule is C/C=C/CC/C=C/CC/C=C/C(O)C(COC1OC(CO)C(OC2OC(CO)C(O)C(O)C2O)C(O)C1O)NC(=O)CCCCCCCCCCCCCCCCCCCC/C=C\C/C=C\C/C=C\C/C=C\C/C=C\C/C=C\CC. The van der Waals surface area contributed by atoms with Gasteiger partial charge in [0.15, 0.2) is 12.6 Å². The second-order valence-electron chi connectivity index (χ2n) is 21.4. The van der Waals surface area contributed by atoms with Crippen molar-refractivity contribution in [1.82, 2.24) is 5.32 Å². The van der Waals surface area contributed by atoms with Crippen LogP contribution in [0.15, 0.2) is 109 Å². The number of ether oxygens (including phenoxy) is 4. The summed E-state index contributed by atoms with van der Waals surface area (Å²) in [5, 5.41) is 86.8. The molecule has 0 spiro atoms. The average molecular weight is 1130 g/mol. The first-order valence-electron chi connectivity index (χ1n) is 31.1. The lowest BCUT2D eigenvalue weighted by atomic mass is 9.97. The molecule has 14 nitrogen and oxygen atoms in total. The van der Waals surface area contributed by atoms with Crippen LogP contribution in [0.3, 0.4) is 0 Å². The van der Waals surface area contributed by atoms with Crippen LogP contribution in [0.4, 0.5) is 0 Å². The summed E-state index contributed by atoms with van der Waals surface area (Å²) in [6.45, 7) is 2.40. The molecule has 2 saturated heterocycles. The van der Waals surface area contributed by atoms with Gasteiger partial charge in [0.2, 0.25) is 5.91 Å². The third-order valence-electron chi connectivity index (χ3n) is 14.5. The molecule has 0 bridgehead atoms. The summed E-state index contributed by atoms with van der Waals surface area (Å²) in [5.74, 6) is -0.259. The van der Waals surface area contributed by atoms with Gasteiger partial charge in [-0.25, -0.2) is 0 Å². The highest BCUT2D eigenvalue weighted by Crippen LogP contribution is 2.30. The monoisotopic (exact) mass is 1130 g/mol. The molecule has 0 saturated carbocycles. The lowest BCUT2D eigenvalue weighted by Gasteiger charge is -2.46. The van der Waals surface area contributed by atoms with E-state index in [-0.39, 0.29) is 18.9 Å². The number of allylic oxidation sites excluding steroid dienone is 17. The highest BCUT2D eigenvalue weighted by atomic mass is 16.7. The Labute approximate surface area is 483 Å². The van der Waals surface area contributed by atoms with E-state index < -0.39 is 86.8 Å². The van der Waals surface area contributed by atoms with E-state index in [4.69, 9.17) is 18.9 Å². The lowest BCUT2D eigenvalue weighted by molar-refractivity contribution is -0.359. The molecule has 2 aliphatic heterocycles. The largest absolute Gasteiger partial charge is 0.394 e. The summed E-state index contributed by atoms with van der Waals surface area (Å²) < 4.78 is 22.7. The van der Waals surface area contributed by atoms with Crippen LogP contribution in [0.25, 0.3) is 0 Å². The predicted molar refractivity (Wildman–Crippen MR) is 322 cm³/mol. The minimum Gasteiger partial charge on any atom is -0.394 e. The van der Waals surface area contributed by atoms with Gasteiger partial charge < -0.3 is 65.1 Å². The smallest absolute Gasteiger partial charge is 0.220 e. The van der Waals surface area contributed by atoms with E-state index in [9.17, 15) is 45.6 Å². The molecule has 458 valence electrons. The molecular formula is C66H111NO13. The molecule has 12 unspecified atom stereocenters. The van der Waals surface area contributed by atoms with Crippen molar-refractivity contribution in [3.05, 3.63) is 109 Å². The fourth-order valence-corrected chi connectivity index (χ4v) is 9.57. The number of unbranched alkanes of at least 4 members (excludes halogenated alkanes) is 20. The Morgan fingerprint density at radius 1 is 0.475 bits per heavy atom. The summed E-state index contributed by atoms with van der Waals surface area (Å²) in [5.41, 5.74) is 0. The van der Waals surface area contributed by atoms with Crippen LogP contribution in [0.2, 0.25) is 0 Å². The second kappa shape index (κ2) is 50.2. The first-order chi connectivity index (χ1) is 39.1. The quantitative estimate of drug-likeness (QED) is 0.0204. The van der Waals surface area contributed by atoms with E-state index in [2.05, 4.69) is 103 Å². The summed E-state index contributed by atoms with van der Waals surface area (Å²) in [6, 6.07) is -0.940. The van der Waals surface area contributed by atoms with Crippen LogP contribution < -0.4 is 5.32 Å². The van der Waals surface area contributed by atoms with Gasteiger partial charge in [0.25, 0.3) is 0 Å². The Kier molecular flexibility index (Phi) is 45.6. The van der Waals surface area contributed by atoms with Gasteiger partial charge in [-0.1, -0.05) is 219 Å². The minimum absolute atomic E-state index is 0.259. The van der Waals surface area contributed by atoms with E-state index in [0.717, 1.165) is 77.0 Å². The third-order valence-corrected chi connectivity index (χ3v) is 14.5. The second-order valence-corrected chi connectivity index (χ2v) is 21.4. The Balaban J connectivity index is 1.57. The highest BCUT2D eigenvalue weighted by Gasteiger charge is 2.51. The van der Waals surface area contributed by atoms with Gasteiger partial charge >= 0.3 is 0 Å². The standard InChI is InChI=1S/C66H111NO13/c1-3-5-7-9-11-13-14-15-16-17-18-19-20-21-22-23-24-25-26-27-28-29-30-31-32-33-34-35-36-37-38-39-40-42-44-46-48-50-58(71)67-54(55(70)49-47-45-43-41-12-10-8-6-4-2)53-77-65-63(76)61(74)64(57(52-69)79-65)80-66-62(75)60(73)59(72)56(51-68)78-66/h4-7,11-13,15-16,18-19,21-22,24-25,41,47,49,54-57,59-66,68-70,72-76H,3,8-10,14,17,20,23,26-40,42-46,48,50-53H2,1-2H3,(H,67,71)/b6-4+,7-5-,13-11-,16-15-,19-18-,22-21-,25-24-,41-12+,49-47+. The number of aliphatic hydroxyl groups is 8. The Morgan fingerprint density at radius 2 is 0.887 bits per heavy atom. The normalized spacial score (nSPS) is 25.0. The number of amides is 1. The molecule has 14 heteroatoms. The number of carbonyl (C=O) groups excluding carboxylic acids is 1. The molecule has 12 atom stereocenters. The van der Waals surface area contributed by atoms with Crippen LogP contribution in [0, 0.1) is 0 Å². The van der Waals surface area contributed by atoms with E-state index >= 15 is 0 Å². The molecule has 2 aliphatic rings. The molecule has 2 rings (SSSR count). The maximum atomic E-state index is 13.2. The highest BCUT2D eigenvalue weighted by molar-refractivity contribution is 5.76. The van der Waals surface area contributed by atoms with Crippen molar-refractivity contribution in [1.29, 1.82) is 0 Å². The van der Waals surface area contributed by atoms with Crippen molar-refractivity contribution in [3.63, 3.8) is 0 Å². The van der Waals surface area contributed by atoms with Crippen LogP contribution in [0.1, 0.15) is 206 Å². The molecule has 2 fully saturated rings. The van der Waals surface area contributed by atoms with Gasteiger partial charge in [0.05, 0.1) is 32.0 Å². The number of hydrogen-bond acceptors (Lipinski definition) is 13. The molecule has 0 aliphatic carbocycles. The summed E-state index contributed by atoms with van der Waals surface area (Å²) in [7, 11) is 0.